The molecular weight excluding hydrogens is 284 g/mol. The zero-order chi connectivity index (χ0) is 15.6. The Morgan fingerprint density at radius 3 is 2.33 bits per heavy atom. The van der Waals surface area contributed by atoms with E-state index < -0.39 is 0 Å². The molecule has 21 heavy (non-hydrogen) atoms. The minimum Gasteiger partial charge on any atom is -0.397 e. The molecule has 0 aliphatic rings. The molecule has 6 nitrogen and oxygen atoms in total. The summed E-state index contributed by atoms with van der Waals surface area (Å²) in [6, 6.07) is 7.44. The summed E-state index contributed by atoms with van der Waals surface area (Å²) in [6.07, 6.45) is 0. The number of nitrogens with zero attached hydrogens (tertiary/aromatic N) is 4. The molecule has 0 saturated heterocycles. The molecule has 0 aliphatic carbocycles. The maximum atomic E-state index is 9.15. The van der Waals surface area contributed by atoms with E-state index in [-0.39, 0.29) is 0 Å². The van der Waals surface area contributed by atoms with Crippen LogP contribution < -0.4 is 11.5 Å². The first kappa shape index (κ1) is 14.5. The molecule has 0 atom stereocenters. The van der Waals surface area contributed by atoms with Gasteiger partial charge >= 0.3 is 0 Å². The average molecular weight is 296 g/mol. The fourth-order valence-corrected chi connectivity index (χ4v) is 2.63. The first-order valence-electron chi connectivity index (χ1n) is 5.98. The molecule has 0 radical (unpaired) electrons. The molecule has 1 aromatic heterocycles. The molecule has 0 spiro atoms. The molecule has 0 aliphatic heterocycles. The van der Waals surface area contributed by atoms with Gasteiger partial charge in [0.15, 0.2) is 5.00 Å². The second-order valence-electron chi connectivity index (χ2n) is 4.43. The van der Waals surface area contributed by atoms with Gasteiger partial charge in [-0.25, -0.2) is 0 Å². The summed E-state index contributed by atoms with van der Waals surface area (Å²) in [5.74, 6) is 0. The molecule has 0 unspecified atom stereocenters. The number of aryl methyl sites for hydroxylation is 1. The number of benzene rings is 1. The number of hydrogen-bond donors (Lipinski definition) is 2. The Balaban J connectivity index is 2.46. The topological polar surface area (TPSA) is 124 Å². The number of nitriles is 2. The molecule has 1 aromatic carbocycles. The van der Waals surface area contributed by atoms with E-state index in [1.807, 2.05) is 13.0 Å². The quantitative estimate of drug-likeness (QED) is 0.647. The van der Waals surface area contributed by atoms with Crippen LogP contribution in [0.5, 0.6) is 0 Å². The number of azo groups is 1. The molecule has 0 fully saturated rings. The van der Waals surface area contributed by atoms with Gasteiger partial charge in [0, 0.05) is 0 Å². The van der Waals surface area contributed by atoms with Crippen molar-refractivity contribution < 1.29 is 0 Å². The van der Waals surface area contributed by atoms with Crippen LogP contribution in [0.25, 0.3) is 0 Å². The highest BCUT2D eigenvalue weighted by Gasteiger charge is 2.14. The second-order valence-corrected chi connectivity index (χ2v) is 5.43. The van der Waals surface area contributed by atoms with Crippen LogP contribution in [0.2, 0.25) is 0 Å². The van der Waals surface area contributed by atoms with Crippen LogP contribution in [-0.2, 0) is 0 Å². The zero-order valence-corrected chi connectivity index (χ0v) is 12.3. The van der Waals surface area contributed by atoms with Crippen LogP contribution >= 0.6 is 11.3 Å². The first-order valence-corrected chi connectivity index (χ1v) is 6.80. The smallest absolute Gasteiger partial charge is 0.158 e. The summed E-state index contributed by atoms with van der Waals surface area (Å²) < 4.78 is 0. The Bertz CT molecular complexity index is 819. The van der Waals surface area contributed by atoms with Gasteiger partial charge in [0.25, 0.3) is 0 Å². The summed E-state index contributed by atoms with van der Waals surface area (Å²) in [5.41, 5.74) is 14.8. The lowest BCUT2D eigenvalue weighted by atomic mass is 10.1. The van der Waals surface area contributed by atoms with Crippen LogP contribution in [0.3, 0.4) is 0 Å². The van der Waals surface area contributed by atoms with Crippen LogP contribution in [-0.4, -0.2) is 0 Å². The van der Waals surface area contributed by atoms with E-state index in [0.29, 0.717) is 38.1 Å². The van der Waals surface area contributed by atoms with Crippen molar-refractivity contribution in [3.05, 3.63) is 33.7 Å². The monoisotopic (exact) mass is 296 g/mol. The van der Waals surface area contributed by atoms with Gasteiger partial charge in [-0.1, -0.05) is 0 Å². The first-order chi connectivity index (χ1) is 9.97. The third-order valence-electron chi connectivity index (χ3n) is 2.99. The summed E-state index contributed by atoms with van der Waals surface area (Å²) in [5, 5.41) is 26.8. The van der Waals surface area contributed by atoms with Crippen molar-refractivity contribution in [3.8, 4) is 12.1 Å². The predicted molar refractivity (Wildman–Crippen MR) is 82.7 cm³/mol. The zero-order valence-electron chi connectivity index (χ0n) is 11.5. The molecule has 104 valence electrons. The van der Waals surface area contributed by atoms with Crippen LogP contribution in [0, 0.1) is 36.5 Å². The van der Waals surface area contributed by atoms with E-state index in [9.17, 15) is 0 Å². The number of nitrogen functional groups attached to an aromatic ring is 2. The van der Waals surface area contributed by atoms with Gasteiger partial charge in [0.2, 0.25) is 0 Å². The van der Waals surface area contributed by atoms with Gasteiger partial charge < -0.3 is 11.5 Å². The van der Waals surface area contributed by atoms with Gasteiger partial charge in [-0.2, -0.15) is 10.5 Å². The lowest BCUT2D eigenvalue weighted by Crippen LogP contribution is -1.94. The fraction of sp³-hybridized carbons (Fsp3) is 0.143. The Hall–Kier alpha value is -2.90. The third-order valence-corrected chi connectivity index (χ3v) is 4.07. The molecule has 4 N–H and O–H groups in total. The highest BCUT2D eigenvalue weighted by Crippen LogP contribution is 2.36. The SMILES string of the molecule is Cc1cc(N)c(N)cc1N=Nc1sc(C#N)c(C)c1C#N. The molecule has 1 heterocycles. The van der Waals surface area contributed by atoms with Crippen LogP contribution in [0.4, 0.5) is 22.1 Å². The fourth-order valence-electron chi connectivity index (χ4n) is 1.75. The van der Waals surface area contributed by atoms with Crippen molar-refractivity contribution in [2.24, 2.45) is 10.2 Å². The molecule has 7 heteroatoms. The van der Waals surface area contributed by atoms with Crippen molar-refractivity contribution in [2.75, 3.05) is 11.5 Å². The number of anilines is 2. The van der Waals surface area contributed by atoms with E-state index in [4.69, 9.17) is 22.0 Å². The van der Waals surface area contributed by atoms with E-state index in [1.165, 1.54) is 0 Å². The third kappa shape index (κ3) is 2.69. The number of nitrogens with two attached hydrogens (primary N) is 2. The summed E-state index contributed by atoms with van der Waals surface area (Å²) in [7, 11) is 0. The number of rotatable bonds is 2. The maximum Gasteiger partial charge on any atom is 0.158 e. The summed E-state index contributed by atoms with van der Waals surface area (Å²) >= 11 is 1.14. The van der Waals surface area contributed by atoms with E-state index in [1.54, 1.807) is 19.1 Å². The van der Waals surface area contributed by atoms with Crippen LogP contribution in [0.1, 0.15) is 21.6 Å². The summed E-state index contributed by atoms with van der Waals surface area (Å²) in [6.45, 7) is 3.56. The van der Waals surface area contributed by atoms with Crippen molar-refractivity contribution in [1.82, 2.24) is 0 Å². The summed E-state index contributed by atoms with van der Waals surface area (Å²) in [4.78, 5) is 0.467. The second kappa shape index (κ2) is 5.61. The van der Waals surface area contributed by atoms with Gasteiger partial charge in [-0.3, -0.25) is 0 Å². The molecule has 0 amide bonds. The molecular formula is C14H12N6S. The Kier molecular flexibility index (Phi) is 3.88. The van der Waals surface area contributed by atoms with Gasteiger partial charge in [-0.05, 0) is 37.1 Å². The van der Waals surface area contributed by atoms with Gasteiger partial charge in [-0.15, -0.1) is 21.6 Å². The number of thiophene rings is 1. The van der Waals surface area contributed by atoms with Crippen molar-refractivity contribution in [1.29, 1.82) is 10.5 Å². The van der Waals surface area contributed by atoms with E-state index in [2.05, 4.69) is 16.3 Å². The standard InChI is InChI=1S/C14H12N6S/c1-7-3-10(17)11(18)4-12(7)19-20-14-9(5-15)8(2)13(6-16)21-14/h3-4H,17-18H2,1-2H3. The van der Waals surface area contributed by atoms with E-state index in [0.717, 1.165) is 16.9 Å². The van der Waals surface area contributed by atoms with Crippen molar-refractivity contribution in [3.63, 3.8) is 0 Å². The minimum atomic E-state index is 0.376. The molecule has 0 saturated carbocycles. The Morgan fingerprint density at radius 1 is 1.05 bits per heavy atom. The Morgan fingerprint density at radius 2 is 1.71 bits per heavy atom. The van der Waals surface area contributed by atoms with Crippen molar-refractivity contribution >= 4 is 33.4 Å². The maximum absolute atomic E-state index is 9.15. The largest absolute Gasteiger partial charge is 0.397 e. The van der Waals surface area contributed by atoms with Gasteiger partial charge in [0.05, 0.1) is 22.6 Å². The average Bonchev–Trinajstić information content (AvgIpc) is 2.76. The predicted octanol–water partition coefficient (Wildman–Crippen LogP) is 3.69. The lowest BCUT2D eigenvalue weighted by molar-refractivity contribution is 1.22. The van der Waals surface area contributed by atoms with Crippen LogP contribution in [0.15, 0.2) is 22.4 Å². The highest BCUT2D eigenvalue weighted by atomic mass is 32.1. The van der Waals surface area contributed by atoms with Gasteiger partial charge in [0.1, 0.15) is 17.0 Å². The normalized spacial score (nSPS) is 10.5. The Labute approximate surface area is 126 Å². The molecule has 0 bridgehead atoms. The van der Waals surface area contributed by atoms with E-state index >= 15 is 0 Å². The van der Waals surface area contributed by atoms with Crippen molar-refractivity contribution in [2.45, 2.75) is 13.8 Å². The highest BCUT2D eigenvalue weighted by molar-refractivity contribution is 7.16. The molecule has 2 aromatic rings. The molecule has 2 rings (SSSR count). The lowest BCUT2D eigenvalue weighted by Gasteiger charge is -2.04. The number of hydrogen-bond acceptors (Lipinski definition) is 7. The minimum absolute atomic E-state index is 0.376.